The van der Waals surface area contributed by atoms with Crippen molar-refractivity contribution < 1.29 is 19.3 Å². The summed E-state index contributed by atoms with van der Waals surface area (Å²) >= 11 is 0. The van der Waals surface area contributed by atoms with Crippen LogP contribution in [0.4, 0.5) is 17.1 Å². The first-order chi connectivity index (χ1) is 16.4. The van der Waals surface area contributed by atoms with Crippen LogP contribution in [-0.2, 0) is 4.79 Å². The molecule has 10 heteroatoms. The summed E-state index contributed by atoms with van der Waals surface area (Å²) in [5, 5.41) is 16.7. The lowest BCUT2D eigenvalue weighted by molar-refractivity contribution is -0.384. The lowest BCUT2D eigenvalue weighted by Gasteiger charge is -2.37. The van der Waals surface area contributed by atoms with Crippen LogP contribution in [-0.4, -0.2) is 41.8 Å². The van der Waals surface area contributed by atoms with E-state index < -0.39 is 16.9 Å². The first kappa shape index (κ1) is 25.8. The van der Waals surface area contributed by atoms with Crippen LogP contribution in [0.2, 0.25) is 0 Å². The topological polar surface area (TPSA) is 148 Å². The summed E-state index contributed by atoms with van der Waals surface area (Å²) in [7, 11) is 0. The van der Waals surface area contributed by atoms with E-state index in [1.54, 1.807) is 18.2 Å². The lowest BCUT2D eigenvalue weighted by atomic mass is 9.93. The van der Waals surface area contributed by atoms with Gasteiger partial charge in [-0.1, -0.05) is 27.7 Å². The molecule has 1 atom stereocenters. The van der Waals surface area contributed by atoms with Gasteiger partial charge in [-0.3, -0.25) is 29.4 Å². The summed E-state index contributed by atoms with van der Waals surface area (Å²) in [6, 6.07) is 9.27. The van der Waals surface area contributed by atoms with E-state index in [1.807, 2.05) is 27.7 Å². The Labute approximate surface area is 204 Å². The summed E-state index contributed by atoms with van der Waals surface area (Å²) in [4.78, 5) is 51.1. The highest BCUT2D eigenvalue weighted by Gasteiger charge is 2.38. The summed E-state index contributed by atoms with van der Waals surface area (Å²) < 4.78 is 0. The number of fused-ring (bicyclic) bond motifs is 1. The zero-order chi connectivity index (χ0) is 25.9. The van der Waals surface area contributed by atoms with Crippen LogP contribution >= 0.6 is 0 Å². The minimum absolute atomic E-state index is 0.121. The number of rotatable bonds is 8. The quantitative estimate of drug-likeness (QED) is 0.389. The van der Waals surface area contributed by atoms with E-state index in [1.165, 1.54) is 29.2 Å². The standard InChI is InChI=1S/C25H31N5O5/c1-15(2)11-21-23(32)28-19-12-17(22(31)27-14-25(3,4)13-26)7-10-20(19)29(21)24(33)16-5-8-18(9-6-16)30(34)35/h5-10,12,15,21H,11,13-14,26H2,1-4H3,(H,27,31)(H,28,32). The molecule has 2 aromatic carbocycles. The van der Waals surface area contributed by atoms with Crippen LogP contribution in [0.3, 0.4) is 0 Å². The Morgan fingerprint density at radius 2 is 1.80 bits per heavy atom. The highest BCUT2D eigenvalue weighted by molar-refractivity contribution is 6.17. The molecule has 0 bridgehead atoms. The predicted molar refractivity (Wildman–Crippen MR) is 133 cm³/mol. The minimum atomic E-state index is -0.768. The normalized spacial score (nSPS) is 15.4. The maximum atomic E-state index is 13.5. The molecular formula is C25H31N5O5. The maximum Gasteiger partial charge on any atom is 0.269 e. The Kier molecular flexibility index (Phi) is 7.54. The van der Waals surface area contributed by atoms with E-state index in [2.05, 4.69) is 10.6 Å². The molecule has 186 valence electrons. The Bertz CT molecular complexity index is 1140. The van der Waals surface area contributed by atoms with Crippen molar-refractivity contribution in [2.75, 3.05) is 23.3 Å². The predicted octanol–water partition coefficient (Wildman–Crippen LogP) is 3.32. The monoisotopic (exact) mass is 481 g/mol. The molecule has 1 aliphatic heterocycles. The molecule has 1 unspecified atom stereocenters. The van der Waals surface area contributed by atoms with Gasteiger partial charge in [-0.25, -0.2) is 0 Å². The Morgan fingerprint density at radius 3 is 2.37 bits per heavy atom. The number of nitrogens with zero attached hydrogens (tertiary/aromatic N) is 2. The van der Waals surface area contributed by atoms with Crippen molar-refractivity contribution in [3.63, 3.8) is 0 Å². The number of nitrogens with two attached hydrogens (primary N) is 1. The third kappa shape index (κ3) is 5.83. The van der Waals surface area contributed by atoms with Crippen molar-refractivity contribution in [3.05, 3.63) is 63.7 Å². The SMILES string of the molecule is CC(C)CC1C(=O)Nc2cc(C(=O)NCC(C)(C)CN)ccc2N1C(=O)c1ccc([N+](=O)[O-])cc1. The molecule has 0 saturated carbocycles. The number of carbonyl (C=O) groups is 3. The summed E-state index contributed by atoms with van der Waals surface area (Å²) in [5.74, 6) is -1.01. The van der Waals surface area contributed by atoms with Gasteiger partial charge in [0.25, 0.3) is 17.5 Å². The number of nitrogens with one attached hydrogen (secondary N) is 2. The fourth-order valence-electron chi connectivity index (χ4n) is 3.76. The molecule has 1 aliphatic rings. The first-order valence-corrected chi connectivity index (χ1v) is 11.4. The number of nitro benzene ring substituents is 1. The highest BCUT2D eigenvalue weighted by atomic mass is 16.6. The summed E-state index contributed by atoms with van der Waals surface area (Å²) in [6.07, 6.45) is 0.417. The van der Waals surface area contributed by atoms with E-state index in [9.17, 15) is 24.5 Å². The third-order valence-electron chi connectivity index (χ3n) is 5.91. The average molecular weight is 482 g/mol. The number of hydrogen-bond acceptors (Lipinski definition) is 6. The average Bonchev–Trinajstić information content (AvgIpc) is 2.82. The molecule has 0 aliphatic carbocycles. The molecule has 2 aromatic rings. The molecule has 0 saturated heterocycles. The van der Waals surface area contributed by atoms with Crippen LogP contribution in [0, 0.1) is 21.4 Å². The second kappa shape index (κ2) is 10.2. The lowest BCUT2D eigenvalue weighted by Crippen LogP contribution is -2.51. The number of hydrogen-bond donors (Lipinski definition) is 3. The van der Waals surface area contributed by atoms with Crippen molar-refractivity contribution >= 4 is 34.8 Å². The van der Waals surface area contributed by atoms with Gasteiger partial charge in [0.2, 0.25) is 5.91 Å². The molecule has 3 rings (SSSR count). The number of anilines is 2. The van der Waals surface area contributed by atoms with Gasteiger partial charge in [-0.2, -0.15) is 0 Å². The van der Waals surface area contributed by atoms with E-state index >= 15 is 0 Å². The van der Waals surface area contributed by atoms with E-state index in [0.29, 0.717) is 36.4 Å². The van der Waals surface area contributed by atoms with Gasteiger partial charge in [-0.15, -0.1) is 0 Å². The minimum Gasteiger partial charge on any atom is -0.351 e. The molecule has 3 amide bonds. The van der Waals surface area contributed by atoms with Crippen LogP contribution in [0.15, 0.2) is 42.5 Å². The van der Waals surface area contributed by atoms with Gasteiger partial charge in [0.15, 0.2) is 0 Å². The highest BCUT2D eigenvalue weighted by Crippen LogP contribution is 2.36. The maximum absolute atomic E-state index is 13.5. The van der Waals surface area contributed by atoms with Crippen molar-refractivity contribution in [2.24, 2.45) is 17.1 Å². The van der Waals surface area contributed by atoms with Crippen molar-refractivity contribution in [2.45, 2.75) is 40.2 Å². The second-order valence-electron chi connectivity index (χ2n) is 9.90. The molecule has 4 N–H and O–H groups in total. The zero-order valence-corrected chi connectivity index (χ0v) is 20.3. The number of carbonyl (C=O) groups excluding carboxylic acids is 3. The van der Waals surface area contributed by atoms with Gasteiger partial charge in [0, 0.05) is 29.8 Å². The van der Waals surface area contributed by atoms with E-state index in [0.717, 1.165) is 0 Å². The van der Waals surface area contributed by atoms with E-state index in [4.69, 9.17) is 5.73 Å². The van der Waals surface area contributed by atoms with Gasteiger partial charge in [0.05, 0.1) is 16.3 Å². The Morgan fingerprint density at radius 1 is 1.17 bits per heavy atom. The molecule has 0 radical (unpaired) electrons. The number of nitro groups is 1. The van der Waals surface area contributed by atoms with Gasteiger partial charge < -0.3 is 16.4 Å². The molecule has 10 nitrogen and oxygen atoms in total. The summed E-state index contributed by atoms with van der Waals surface area (Å²) in [5.41, 5.74) is 6.68. The Balaban J connectivity index is 1.97. The number of benzene rings is 2. The van der Waals surface area contributed by atoms with Crippen molar-refractivity contribution in [1.29, 1.82) is 0 Å². The van der Waals surface area contributed by atoms with Crippen molar-refractivity contribution in [1.82, 2.24) is 5.32 Å². The zero-order valence-electron chi connectivity index (χ0n) is 20.3. The molecule has 0 fully saturated rings. The Hall–Kier alpha value is -3.79. The van der Waals surface area contributed by atoms with E-state index in [-0.39, 0.29) is 34.4 Å². The van der Waals surface area contributed by atoms with Crippen LogP contribution < -0.4 is 21.3 Å². The second-order valence-corrected chi connectivity index (χ2v) is 9.90. The van der Waals surface area contributed by atoms with Gasteiger partial charge in [-0.05, 0) is 54.6 Å². The largest absolute Gasteiger partial charge is 0.351 e. The molecule has 0 aromatic heterocycles. The molecule has 35 heavy (non-hydrogen) atoms. The fourth-order valence-corrected chi connectivity index (χ4v) is 3.76. The fraction of sp³-hybridized carbons (Fsp3) is 0.400. The van der Waals surface area contributed by atoms with Crippen LogP contribution in [0.25, 0.3) is 0 Å². The third-order valence-corrected chi connectivity index (χ3v) is 5.91. The smallest absolute Gasteiger partial charge is 0.269 e. The molecule has 1 heterocycles. The van der Waals surface area contributed by atoms with Gasteiger partial charge in [0.1, 0.15) is 6.04 Å². The summed E-state index contributed by atoms with van der Waals surface area (Å²) in [6.45, 7) is 8.58. The van der Waals surface area contributed by atoms with Crippen LogP contribution in [0.1, 0.15) is 54.8 Å². The molecular weight excluding hydrogens is 450 g/mol. The van der Waals surface area contributed by atoms with Gasteiger partial charge >= 0.3 is 0 Å². The first-order valence-electron chi connectivity index (χ1n) is 11.4. The van der Waals surface area contributed by atoms with Crippen molar-refractivity contribution in [3.8, 4) is 0 Å². The van der Waals surface area contributed by atoms with Crippen LogP contribution in [0.5, 0.6) is 0 Å². The number of amides is 3. The molecule has 0 spiro atoms. The number of non-ortho nitro benzene ring substituents is 1.